The summed E-state index contributed by atoms with van der Waals surface area (Å²) in [5.41, 5.74) is 2.57. The molecular weight excluding hydrogens is 422 g/mol. The van der Waals surface area contributed by atoms with Gasteiger partial charge in [0.1, 0.15) is 0 Å². The molecule has 172 valence electrons. The fourth-order valence-corrected chi connectivity index (χ4v) is 4.67. The SMILES string of the molecule is CCc1cccc(N2CC(C(=O)N3CCN(C(=O)c4ccc5c(c4)OCO5)CC3)CC2=O)c1. The van der Waals surface area contributed by atoms with E-state index in [1.807, 2.05) is 24.3 Å². The summed E-state index contributed by atoms with van der Waals surface area (Å²) in [5.74, 6) is 0.765. The molecule has 2 aromatic rings. The van der Waals surface area contributed by atoms with Crippen LogP contribution in [0.5, 0.6) is 11.5 Å². The fourth-order valence-electron chi connectivity index (χ4n) is 4.67. The van der Waals surface area contributed by atoms with Crippen molar-refractivity contribution in [3.63, 3.8) is 0 Å². The first-order valence-corrected chi connectivity index (χ1v) is 11.4. The lowest BCUT2D eigenvalue weighted by Gasteiger charge is -2.36. The predicted molar refractivity (Wildman–Crippen MR) is 121 cm³/mol. The second-order valence-corrected chi connectivity index (χ2v) is 8.61. The van der Waals surface area contributed by atoms with E-state index in [0.29, 0.717) is 49.8 Å². The van der Waals surface area contributed by atoms with Gasteiger partial charge in [0.25, 0.3) is 5.91 Å². The molecule has 3 heterocycles. The first kappa shape index (κ1) is 21.3. The number of ether oxygens (including phenoxy) is 2. The molecule has 2 fully saturated rings. The maximum absolute atomic E-state index is 13.1. The minimum atomic E-state index is -0.348. The van der Waals surface area contributed by atoms with Crippen molar-refractivity contribution in [2.24, 2.45) is 5.92 Å². The lowest BCUT2D eigenvalue weighted by molar-refractivity contribution is -0.137. The molecule has 8 heteroatoms. The third-order valence-electron chi connectivity index (χ3n) is 6.60. The van der Waals surface area contributed by atoms with Crippen molar-refractivity contribution in [2.75, 3.05) is 44.4 Å². The van der Waals surface area contributed by atoms with Gasteiger partial charge in [-0.1, -0.05) is 19.1 Å². The number of benzene rings is 2. The van der Waals surface area contributed by atoms with Gasteiger partial charge in [-0.25, -0.2) is 0 Å². The van der Waals surface area contributed by atoms with E-state index in [4.69, 9.17) is 9.47 Å². The minimum Gasteiger partial charge on any atom is -0.454 e. The number of fused-ring (bicyclic) bond motifs is 1. The highest BCUT2D eigenvalue weighted by molar-refractivity contribution is 6.00. The van der Waals surface area contributed by atoms with Gasteiger partial charge in [0.05, 0.1) is 5.92 Å². The summed E-state index contributed by atoms with van der Waals surface area (Å²) in [5, 5.41) is 0. The smallest absolute Gasteiger partial charge is 0.254 e. The van der Waals surface area contributed by atoms with Gasteiger partial charge in [-0.05, 0) is 42.3 Å². The molecule has 5 rings (SSSR count). The minimum absolute atomic E-state index is 0.00678. The molecule has 2 aromatic carbocycles. The maximum atomic E-state index is 13.1. The Labute approximate surface area is 192 Å². The van der Waals surface area contributed by atoms with Crippen LogP contribution in [0.15, 0.2) is 42.5 Å². The molecule has 3 aliphatic heterocycles. The number of carbonyl (C=O) groups excluding carboxylic acids is 3. The van der Waals surface area contributed by atoms with Gasteiger partial charge in [0.15, 0.2) is 11.5 Å². The summed E-state index contributed by atoms with van der Waals surface area (Å²) in [4.78, 5) is 43.9. The van der Waals surface area contributed by atoms with Crippen molar-refractivity contribution in [3.8, 4) is 11.5 Å². The lowest BCUT2D eigenvalue weighted by atomic mass is 10.1. The van der Waals surface area contributed by atoms with E-state index >= 15 is 0 Å². The Morgan fingerprint density at radius 1 is 0.970 bits per heavy atom. The largest absolute Gasteiger partial charge is 0.454 e. The monoisotopic (exact) mass is 449 g/mol. The Balaban J connectivity index is 1.18. The van der Waals surface area contributed by atoms with Crippen molar-refractivity contribution < 1.29 is 23.9 Å². The zero-order valence-electron chi connectivity index (χ0n) is 18.7. The molecule has 0 aliphatic carbocycles. The second kappa shape index (κ2) is 8.77. The van der Waals surface area contributed by atoms with Crippen LogP contribution in [-0.4, -0.2) is 67.0 Å². The van der Waals surface area contributed by atoms with Crippen LogP contribution < -0.4 is 14.4 Å². The molecule has 0 bridgehead atoms. The van der Waals surface area contributed by atoms with Crippen LogP contribution in [0.4, 0.5) is 5.69 Å². The highest BCUT2D eigenvalue weighted by Gasteiger charge is 2.38. The molecular formula is C25H27N3O5. The number of hydrogen-bond donors (Lipinski definition) is 0. The van der Waals surface area contributed by atoms with E-state index in [9.17, 15) is 14.4 Å². The van der Waals surface area contributed by atoms with Crippen LogP contribution in [0, 0.1) is 5.92 Å². The van der Waals surface area contributed by atoms with E-state index in [1.54, 1.807) is 32.9 Å². The van der Waals surface area contributed by atoms with Crippen molar-refractivity contribution in [1.29, 1.82) is 0 Å². The van der Waals surface area contributed by atoms with Gasteiger partial charge in [-0.2, -0.15) is 0 Å². The molecule has 0 saturated carbocycles. The normalized spacial score (nSPS) is 19.8. The predicted octanol–water partition coefficient (Wildman–Crippen LogP) is 2.32. The van der Waals surface area contributed by atoms with E-state index in [2.05, 4.69) is 6.92 Å². The number of aryl methyl sites for hydroxylation is 1. The Morgan fingerprint density at radius 3 is 2.52 bits per heavy atom. The number of carbonyl (C=O) groups is 3. The van der Waals surface area contributed by atoms with Gasteiger partial charge in [0.2, 0.25) is 18.6 Å². The van der Waals surface area contributed by atoms with Crippen LogP contribution in [-0.2, 0) is 16.0 Å². The first-order chi connectivity index (χ1) is 16.0. The average Bonchev–Trinajstić information content (AvgIpc) is 3.49. The van der Waals surface area contributed by atoms with Crippen molar-refractivity contribution in [1.82, 2.24) is 9.80 Å². The summed E-state index contributed by atoms with van der Waals surface area (Å²) in [6.07, 6.45) is 1.12. The molecule has 3 aliphatic rings. The van der Waals surface area contributed by atoms with Gasteiger partial charge in [0, 0.05) is 50.4 Å². The molecule has 0 radical (unpaired) electrons. The van der Waals surface area contributed by atoms with E-state index in [-0.39, 0.29) is 36.9 Å². The highest BCUT2D eigenvalue weighted by Crippen LogP contribution is 2.33. The van der Waals surface area contributed by atoms with Crippen LogP contribution in [0.2, 0.25) is 0 Å². The van der Waals surface area contributed by atoms with Crippen LogP contribution >= 0.6 is 0 Å². The number of piperazine rings is 1. The molecule has 33 heavy (non-hydrogen) atoms. The van der Waals surface area contributed by atoms with Crippen molar-refractivity contribution in [3.05, 3.63) is 53.6 Å². The first-order valence-electron chi connectivity index (χ1n) is 11.4. The van der Waals surface area contributed by atoms with E-state index in [1.165, 1.54) is 5.56 Å². The Hall–Kier alpha value is -3.55. The molecule has 2 saturated heterocycles. The molecule has 8 nitrogen and oxygen atoms in total. The standard InChI is InChI=1S/C25H27N3O5/c1-2-17-4-3-5-20(12-17)28-15-19(14-23(28)29)25(31)27-10-8-26(9-11-27)24(30)18-6-7-21-22(13-18)33-16-32-21/h3-7,12-13,19H,2,8-11,14-16H2,1H3. The second-order valence-electron chi connectivity index (χ2n) is 8.61. The molecule has 3 amide bonds. The maximum Gasteiger partial charge on any atom is 0.254 e. The van der Waals surface area contributed by atoms with Gasteiger partial charge >= 0.3 is 0 Å². The zero-order chi connectivity index (χ0) is 22.9. The Kier molecular flexibility index (Phi) is 5.66. The Bertz CT molecular complexity index is 1090. The number of hydrogen-bond acceptors (Lipinski definition) is 5. The van der Waals surface area contributed by atoms with Gasteiger partial charge in [-0.15, -0.1) is 0 Å². The van der Waals surface area contributed by atoms with E-state index < -0.39 is 0 Å². The summed E-state index contributed by atoms with van der Waals surface area (Å²) in [6.45, 7) is 4.49. The quantitative estimate of drug-likeness (QED) is 0.716. The third kappa shape index (κ3) is 4.13. The molecule has 0 N–H and O–H groups in total. The number of rotatable bonds is 4. The van der Waals surface area contributed by atoms with Gasteiger partial charge < -0.3 is 24.2 Å². The van der Waals surface area contributed by atoms with Crippen LogP contribution in [0.3, 0.4) is 0 Å². The van der Waals surface area contributed by atoms with Crippen molar-refractivity contribution >= 4 is 23.4 Å². The molecule has 0 aromatic heterocycles. The van der Waals surface area contributed by atoms with Crippen molar-refractivity contribution in [2.45, 2.75) is 19.8 Å². The Morgan fingerprint density at radius 2 is 1.73 bits per heavy atom. The topological polar surface area (TPSA) is 79.4 Å². The summed E-state index contributed by atoms with van der Waals surface area (Å²) in [6, 6.07) is 13.1. The summed E-state index contributed by atoms with van der Waals surface area (Å²) in [7, 11) is 0. The molecule has 0 spiro atoms. The molecule has 1 atom stereocenters. The van der Waals surface area contributed by atoms with Gasteiger partial charge in [-0.3, -0.25) is 14.4 Å². The van der Waals surface area contributed by atoms with Crippen LogP contribution in [0.25, 0.3) is 0 Å². The number of anilines is 1. The third-order valence-corrected chi connectivity index (χ3v) is 6.60. The summed E-state index contributed by atoms with van der Waals surface area (Å²) < 4.78 is 10.7. The summed E-state index contributed by atoms with van der Waals surface area (Å²) >= 11 is 0. The number of amides is 3. The fraction of sp³-hybridized carbons (Fsp3) is 0.400. The zero-order valence-corrected chi connectivity index (χ0v) is 18.7. The molecule has 1 unspecified atom stereocenters. The highest BCUT2D eigenvalue weighted by atomic mass is 16.7. The number of nitrogens with zero attached hydrogens (tertiary/aromatic N) is 3. The van der Waals surface area contributed by atoms with Crippen LogP contribution in [0.1, 0.15) is 29.3 Å². The lowest BCUT2D eigenvalue weighted by Crippen LogP contribution is -2.52. The average molecular weight is 450 g/mol. The van der Waals surface area contributed by atoms with E-state index in [0.717, 1.165) is 12.1 Å².